The number of esters is 1. The van der Waals surface area contributed by atoms with Crippen molar-refractivity contribution in [2.24, 2.45) is 5.92 Å². The smallest absolute Gasteiger partial charge is 0.339 e. The van der Waals surface area contributed by atoms with Gasteiger partial charge in [-0.2, -0.15) is 0 Å². The lowest BCUT2D eigenvalue weighted by Gasteiger charge is -2.34. The van der Waals surface area contributed by atoms with Gasteiger partial charge in [-0.25, -0.2) is 4.79 Å². The Morgan fingerprint density at radius 2 is 2.05 bits per heavy atom. The molecule has 1 heterocycles. The molecule has 0 amide bonds. The molecule has 1 unspecified atom stereocenters. The lowest BCUT2D eigenvalue weighted by molar-refractivity contribution is -0.185. The van der Waals surface area contributed by atoms with Crippen molar-refractivity contribution in [2.75, 3.05) is 6.61 Å². The molecule has 106 valence electrons. The Balaban J connectivity index is 1.66. The maximum absolute atomic E-state index is 12.4. The number of benzene rings is 1. The van der Waals surface area contributed by atoms with E-state index >= 15 is 0 Å². The molecule has 2 aliphatic rings. The van der Waals surface area contributed by atoms with E-state index in [0.29, 0.717) is 12.8 Å². The topological polar surface area (TPSA) is 52.6 Å². The third kappa shape index (κ3) is 2.61. The number of rotatable bonds is 4. The highest BCUT2D eigenvalue weighted by Crippen LogP contribution is 2.46. The highest BCUT2D eigenvalue weighted by Gasteiger charge is 2.54. The molecule has 20 heavy (non-hydrogen) atoms. The van der Waals surface area contributed by atoms with Crippen molar-refractivity contribution >= 4 is 11.8 Å². The summed E-state index contributed by atoms with van der Waals surface area (Å²) in [6, 6.07) is 9.59. The average molecular weight is 274 g/mol. The van der Waals surface area contributed by atoms with Gasteiger partial charge in [0.15, 0.2) is 11.4 Å². The minimum atomic E-state index is -0.872. The number of hydrogen-bond acceptors (Lipinski definition) is 4. The van der Waals surface area contributed by atoms with Gasteiger partial charge in [0.05, 0.1) is 0 Å². The van der Waals surface area contributed by atoms with Gasteiger partial charge in [0, 0.05) is 6.42 Å². The first kappa shape index (κ1) is 13.3. The number of ether oxygens (including phenoxy) is 2. The van der Waals surface area contributed by atoms with Gasteiger partial charge < -0.3 is 9.47 Å². The number of hydrogen-bond donors (Lipinski definition) is 0. The minimum Gasteiger partial charge on any atom is -0.459 e. The number of ketones is 1. The summed E-state index contributed by atoms with van der Waals surface area (Å²) in [4.78, 5) is 23.7. The molecule has 1 saturated carbocycles. The second kappa shape index (κ2) is 5.37. The van der Waals surface area contributed by atoms with Gasteiger partial charge >= 0.3 is 5.97 Å². The Labute approximate surface area is 118 Å². The number of carbonyl (C=O) groups excluding carboxylic acids is 2. The predicted molar refractivity (Wildman–Crippen MR) is 71.9 cm³/mol. The first-order valence-electron chi connectivity index (χ1n) is 7.07. The molecule has 2 fully saturated rings. The maximum Gasteiger partial charge on any atom is 0.339 e. The van der Waals surface area contributed by atoms with E-state index in [-0.39, 0.29) is 30.9 Å². The molecule has 1 aliphatic heterocycles. The summed E-state index contributed by atoms with van der Waals surface area (Å²) in [6.07, 6.45) is 2.84. The molecule has 1 aliphatic carbocycles. The van der Waals surface area contributed by atoms with Crippen LogP contribution >= 0.6 is 0 Å². The summed E-state index contributed by atoms with van der Waals surface area (Å²) in [5.41, 5.74) is 0.0848. The minimum absolute atomic E-state index is 0.0386. The van der Waals surface area contributed by atoms with E-state index in [4.69, 9.17) is 9.47 Å². The van der Waals surface area contributed by atoms with E-state index in [9.17, 15) is 9.59 Å². The van der Waals surface area contributed by atoms with Gasteiger partial charge in [0.2, 0.25) is 0 Å². The highest BCUT2D eigenvalue weighted by molar-refractivity contribution is 5.86. The summed E-state index contributed by atoms with van der Waals surface area (Å²) < 4.78 is 11.1. The third-order valence-electron chi connectivity index (χ3n) is 4.06. The molecule has 1 atom stereocenters. The van der Waals surface area contributed by atoms with Gasteiger partial charge in [-0.1, -0.05) is 30.3 Å². The van der Waals surface area contributed by atoms with Crippen LogP contribution in [0, 0.1) is 5.92 Å². The van der Waals surface area contributed by atoms with Crippen LogP contribution in [0.15, 0.2) is 30.3 Å². The van der Waals surface area contributed by atoms with Crippen LogP contribution in [0.2, 0.25) is 0 Å². The molecule has 1 saturated heterocycles. The first-order chi connectivity index (χ1) is 9.71. The van der Waals surface area contributed by atoms with Crippen molar-refractivity contribution < 1.29 is 19.1 Å². The van der Waals surface area contributed by atoms with Crippen LogP contribution in [0.1, 0.15) is 31.2 Å². The summed E-state index contributed by atoms with van der Waals surface area (Å²) in [7, 11) is 0. The van der Waals surface area contributed by atoms with E-state index < -0.39 is 5.60 Å². The highest BCUT2D eigenvalue weighted by atomic mass is 16.6. The van der Waals surface area contributed by atoms with Crippen molar-refractivity contribution in [2.45, 2.75) is 37.9 Å². The van der Waals surface area contributed by atoms with E-state index in [1.54, 1.807) is 0 Å². The molecule has 1 aromatic rings. The maximum atomic E-state index is 12.4. The van der Waals surface area contributed by atoms with Crippen LogP contribution in [-0.2, 0) is 25.7 Å². The Morgan fingerprint density at radius 3 is 2.65 bits per heavy atom. The standard InChI is InChI=1S/C16H18O4/c17-14-8-9-16(20-11-14,13-6-7-13)15(18)19-10-12-4-2-1-3-5-12/h1-5,13H,6-11H2. The molecule has 0 radical (unpaired) electrons. The van der Waals surface area contributed by atoms with Crippen LogP contribution < -0.4 is 0 Å². The molecule has 1 aromatic carbocycles. The normalized spacial score (nSPS) is 26.3. The zero-order valence-electron chi connectivity index (χ0n) is 11.3. The fraction of sp³-hybridized carbons (Fsp3) is 0.500. The van der Waals surface area contributed by atoms with E-state index in [0.717, 1.165) is 18.4 Å². The Morgan fingerprint density at radius 1 is 1.30 bits per heavy atom. The van der Waals surface area contributed by atoms with Gasteiger partial charge in [-0.3, -0.25) is 4.79 Å². The zero-order valence-corrected chi connectivity index (χ0v) is 11.3. The first-order valence-corrected chi connectivity index (χ1v) is 7.07. The molecule has 4 nitrogen and oxygen atoms in total. The monoisotopic (exact) mass is 274 g/mol. The molecule has 0 aromatic heterocycles. The zero-order chi connectivity index (χ0) is 14.0. The molecule has 0 bridgehead atoms. The van der Waals surface area contributed by atoms with Crippen molar-refractivity contribution in [1.29, 1.82) is 0 Å². The fourth-order valence-electron chi connectivity index (χ4n) is 2.72. The van der Waals surface area contributed by atoms with E-state index in [2.05, 4.69) is 0 Å². The van der Waals surface area contributed by atoms with Gasteiger partial charge in [0.1, 0.15) is 13.2 Å². The number of carbonyl (C=O) groups is 2. The van der Waals surface area contributed by atoms with Gasteiger partial charge in [-0.15, -0.1) is 0 Å². The summed E-state index contributed by atoms with van der Waals surface area (Å²) in [6.45, 7) is 0.294. The second-order valence-corrected chi connectivity index (χ2v) is 5.55. The Hall–Kier alpha value is -1.68. The summed E-state index contributed by atoms with van der Waals surface area (Å²) in [5.74, 6) is -0.0210. The second-order valence-electron chi connectivity index (χ2n) is 5.55. The Kier molecular flexibility index (Phi) is 3.57. The lowest BCUT2D eigenvalue weighted by atomic mass is 9.88. The molecular weight excluding hydrogens is 256 g/mol. The largest absolute Gasteiger partial charge is 0.459 e. The summed E-state index contributed by atoms with van der Waals surface area (Å²) in [5, 5.41) is 0. The average Bonchev–Trinajstić information content (AvgIpc) is 3.32. The third-order valence-corrected chi connectivity index (χ3v) is 4.06. The number of Topliss-reactive ketones (excluding diaryl/α,β-unsaturated/α-hetero) is 1. The molecule has 0 N–H and O–H groups in total. The van der Waals surface area contributed by atoms with E-state index in [1.165, 1.54) is 0 Å². The van der Waals surface area contributed by atoms with Crippen LogP contribution in [0.5, 0.6) is 0 Å². The van der Waals surface area contributed by atoms with Crippen molar-refractivity contribution in [3.8, 4) is 0 Å². The molecular formula is C16H18O4. The van der Waals surface area contributed by atoms with Crippen LogP contribution in [0.25, 0.3) is 0 Å². The SMILES string of the molecule is O=C1CCC(C(=O)OCc2ccccc2)(C2CC2)OC1. The van der Waals surface area contributed by atoms with E-state index in [1.807, 2.05) is 30.3 Å². The predicted octanol–water partition coefficient (Wildman–Crippen LogP) is 2.26. The van der Waals surface area contributed by atoms with Gasteiger partial charge in [-0.05, 0) is 30.7 Å². The lowest BCUT2D eigenvalue weighted by Crippen LogP contribution is -2.49. The fourth-order valence-corrected chi connectivity index (χ4v) is 2.72. The molecule has 3 rings (SSSR count). The van der Waals surface area contributed by atoms with Crippen molar-refractivity contribution in [3.05, 3.63) is 35.9 Å². The quantitative estimate of drug-likeness (QED) is 0.790. The van der Waals surface area contributed by atoms with Crippen molar-refractivity contribution in [3.63, 3.8) is 0 Å². The van der Waals surface area contributed by atoms with Crippen LogP contribution in [-0.4, -0.2) is 24.0 Å². The molecule has 0 spiro atoms. The molecule has 4 heteroatoms. The van der Waals surface area contributed by atoms with Gasteiger partial charge in [0.25, 0.3) is 0 Å². The van der Waals surface area contributed by atoms with Crippen LogP contribution in [0.3, 0.4) is 0 Å². The van der Waals surface area contributed by atoms with Crippen molar-refractivity contribution in [1.82, 2.24) is 0 Å². The summed E-state index contributed by atoms with van der Waals surface area (Å²) >= 11 is 0. The Bertz CT molecular complexity index is 494. The van der Waals surface area contributed by atoms with Crippen LogP contribution in [0.4, 0.5) is 0 Å².